The number of carbonyl (C=O) groups is 1. The molecule has 0 aliphatic carbocycles. The molecule has 1 N–H and O–H groups in total. The molecule has 1 atom stereocenters. The van der Waals surface area contributed by atoms with E-state index in [9.17, 15) is 13.2 Å². The quantitative estimate of drug-likeness (QED) is 0.506. The van der Waals surface area contributed by atoms with Gasteiger partial charge in [-0.05, 0) is 73.9 Å². The number of rotatable bonds is 8. The van der Waals surface area contributed by atoms with Crippen LogP contribution in [0.2, 0.25) is 0 Å². The number of methoxy groups -OCH3 is 1. The molecule has 3 rings (SSSR count). The van der Waals surface area contributed by atoms with E-state index in [0.717, 1.165) is 28.9 Å². The summed E-state index contributed by atoms with van der Waals surface area (Å²) >= 11 is 0. The molecule has 174 valence electrons. The summed E-state index contributed by atoms with van der Waals surface area (Å²) in [6.07, 6.45) is 0.729. The van der Waals surface area contributed by atoms with Crippen LogP contribution in [-0.2, 0) is 10.0 Å². The van der Waals surface area contributed by atoms with E-state index in [-0.39, 0.29) is 16.8 Å². The van der Waals surface area contributed by atoms with E-state index < -0.39 is 10.0 Å². The highest BCUT2D eigenvalue weighted by molar-refractivity contribution is 7.92. The summed E-state index contributed by atoms with van der Waals surface area (Å²) in [4.78, 5) is 13.1. The van der Waals surface area contributed by atoms with Crippen LogP contribution >= 0.6 is 0 Å². The fourth-order valence-corrected chi connectivity index (χ4v) is 4.81. The molecule has 0 aliphatic rings. The predicted octanol–water partition coefficient (Wildman–Crippen LogP) is 5.02. The van der Waals surface area contributed by atoms with E-state index >= 15 is 0 Å². The molecule has 0 heterocycles. The number of hydrogen-bond donors (Lipinski definition) is 1. The maximum Gasteiger partial charge on any atom is 0.264 e. The first-order chi connectivity index (χ1) is 15.7. The summed E-state index contributed by atoms with van der Waals surface area (Å²) < 4.78 is 32.4. The van der Waals surface area contributed by atoms with Gasteiger partial charge in [0.05, 0.1) is 23.7 Å². The summed E-state index contributed by atoms with van der Waals surface area (Å²) in [5, 5.41) is 3.06. The van der Waals surface area contributed by atoms with Gasteiger partial charge >= 0.3 is 0 Å². The Balaban J connectivity index is 1.75. The van der Waals surface area contributed by atoms with Gasteiger partial charge in [-0.2, -0.15) is 0 Å². The van der Waals surface area contributed by atoms with Crippen LogP contribution in [0.3, 0.4) is 0 Å². The van der Waals surface area contributed by atoms with Crippen LogP contribution in [0.25, 0.3) is 0 Å². The summed E-state index contributed by atoms with van der Waals surface area (Å²) in [7, 11) is -0.552. The molecular weight excluding hydrogens is 436 g/mol. The lowest BCUT2D eigenvalue weighted by molar-refractivity contribution is 0.0935. The zero-order valence-electron chi connectivity index (χ0n) is 19.6. The molecule has 0 aromatic heterocycles. The highest BCUT2D eigenvalue weighted by Crippen LogP contribution is 2.26. The Hall–Kier alpha value is -3.32. The number of nitrogens with one attached hydrogen (secondary N) is 1. The Morgan fingerprint density at radius 2 is 1.64 bits per heavy atom. The van der Waals surface area contributed by atoms with E-state index in [1.807, 2.05) is 39.0 Å². The van der Waals surface area contributed by atoms with Crippen molar-refractivity contribution in [3.05, 3.63) is 89.0 Å². The Morgan fingerprint density at radius 3 is 2.18 bits per heavy atom. The minimum atomic E-state index is -3.69. The van der Waals surface area contributed by atoms with Gasteiger partial charge in [-0.3, -0.25) is 9.10 Å². The van der Waals surface area contributed by atoms with Gasteiger partial charge in [0.1, 0.15) is 5.75 Å². The Labute approximate surface area is 196 Å². The van der Waals surface area contributed by atoms with Crippen molar-refractivity contribution < 1.29 is 17.9 Å². The van der Waals surface area contributed by atoms with Gasteiger partial charge in [0, 0.05) is 12.6 Å². The third-order valence-corrected chi connectivity index (χ3v) is 7.51. The number of anilines is 1. The molecule has 0 radical (unpaired) electrons. The summed E-state index contributed by atoms with van der Waals surface area (Å²) in [6, 6.07) is 19.0. The molecule has 0 bridgehead atoms. The molecule has 3 aromatic carbocycles. The number of sulfonamides is 1. The van der Waals surface area contributed by atoms with E-state index in [2.05, 4.69) is 5.32 Å². The number of amides is 1. The van der Waals surface area contributed by atoms with E-state index in [1.54, 1.807) is 55.6 Å². The van der Waals surface area contributed by atoms with Gasteiger partial charge in [0.2, 0.25) is 0 Å². The lowest BCUT2D eigenvalue weighted by Gasteiger charge is -2.21. The SMILES string of the molecule is CC[C@@H](NC(=O)c1ccc(N(C)S(=O)(=O)c2ccc(C)cc2)cc1)c1ccc(OC)c(C)c1. The normalized spacial score (nSPS) is 12.2. The molecule has 1 amide bonds. The maximum absolute atomic E-state index is 12.9. The maximum atomic E-state index is 12.9. The molecule has 7 heteroatoms. The third kappa shape index (κ3) is 5.37. The molecule has 6 nitrogen and oxygen atoms in total. The lowest BCUT2D eigenvalue weighted by atomic mass is 10.0. The van der Waals surface area contributed by atoms with E-state index in [0.29, 0.717) is 11.3 Å². The Morgan fingerprint density at radius 1 is 1.00 bits per heavy atom. The van der Waals surface area contributed by atoms with Gasteiger partial charge in [-0.25, -0.2) is 8.42 Å². The molecule has 0 aliphatic heterocycles. The minimum Gasteiger partial charge on any atom is -0.496 e. The van der Waals surface area contributed by atoms with Crippen LogP contribution in [0.5, 0.6) is 5.75 Å². The number of aryl methyl sites for hydroxylation is 2. The average molecular weight is 467 g/mol. The molecule has 33 heavy (non-hydrogen) atoms. The Bertz CT molecular complexity index is 1220. The van der Waals surface area contributed by atoms with Crippen LogP contribution < -0.4 is 14.4 Å². The van der Waals surface area contributed by atoms with Crippen molar-refractivity contribution >= 4 is 21.6 Å². The number of ether oxygens (including phenoxy) is 1. The van der Waals surface area contributed by atoms with Crippen molar-refractivity contribution in [2.75, 3.05) is 18.5 Å². The van der Waals surface area contributed by atoms with Crippen LogP contribution in [0.1, 0.15) is 46.4 Å². The summed E-state index contributed by atoms with van der Waals surface area (Å²) in [6.45, 7) is 5.89. The number of benzene rings is 3. The van der Waals surface area contributed by atoms with Crippen LogP contribution in [0.15, 0.2) is 71.6 Å². The van der Waals surface area contributed by atoms with Gasteiger partial charge in [-0.1, -0.05) is 36.8 Å². The fourth-order valence-electron chi connectivity index (χ4n) is 3.61. The second-order valence-electron chi connectivity index (χ2n) is 8.00. The highest BCUT2D eigenvalue weighted by atomic mass is 32.2. The van der Waals surface area contributed by atoms with E-state index in [4.69, 9.17) is 4.74 Å². The topological polar surface area (TPSA) is 75.7 Å². The molecule has 0 spiro atoms. The summed E-state index contributed by atoms with van der Waals surface area (Å²) in [5.74, 6) is 0.589. The van der Waals surface area contributed by atoms with Crippen molar-refractivity contribution in [1.82, 2.24) is 5.32 Å². The fraction of sp³-hybridized carbons (Fsp3) is 0.269. The second kappa shape index (κ2) is 10.1. The van der Waals surface area contributed by atoms with Crippen molar-refractivity contribution in [2.24, 2.45) is 0 Å². The number of hydrogen-bond acceptors (Lipinski definition) is 4. The van der Waals surface area contributed by atoms with Crippen LogP contribution in [-0.4, -0.2) is 28.5 Å². The number of carbonyl (C=O) groups excluding carboxylic acids is 1. The predicted molar refractivity (Wildman–Crippen MR) is 131 cm³/mol. The van der Waals surface area contributed by atoms with Crippen LogP contribution in [0.4, 0.5) is 5.69 Å². The van der Waals surface area contributed by atoms with Crippen molar-refractivity contribution in [1.29, 1.82) is 0 Å². The largest absolute Gasteiger partial charge is 0.496 e. The highest BCUT2D eigenvalue weighted by Gasteiger charge is 2.22. The van der Waals surface area contributed by atoms with Crippen molar-refractivity contribution in [2.45, 2.75) is 38.1 Å². The van der Waals surface area contributed by atoms with Gasteiger partial charge in [0.25, 0.3) is 15.9 Å². The molecule has 0 saturated heterocycles. The minimum absolute atomic E-state index is 0.147. The van der Waals surface area contributed by atoms with E-state index in [1.165, 1.54) is 11.4 Å². The molecule has 0 fully saturated rings. The van der Waals surface area contributed by atoms with Crippen molar-refractivity contribution in [3.63, 3.8) is 0 Å². The molecule has 3 aromatic rings. The lowest BCUT2D eigenvalue weighted by Crippen LogP contribution is -2.29. The molecular formula is C26H30N2O4S. The van der Waals surface area contributed by atoms with Crippen LogP contribution in [0, 0.1) is 13.8 Å². The molecule has 0 saturated carbocycles. The zero-order chi connectivity index (χ0) is 24.2. The average Bonchev–Trinajstić information content (AvgIpc) is 2.82. The van der Waals surface area contributed by atoms with Gasteiger partial charge in [0.15, 0.2) is 0 Å². The summed E-state index contributed by atoms with van der Waals surface area (Å²) in [5.41, 5.74) is 3.94. The third-order valence-electron chi connectivity index (χ3n) is 5.71. The first-order valence-corrected chi connectivity index (χ1v) is 12.2. The van der Waals surface area contributed by atoms with Gasteiger partial charge < -0.3 is 10.1 Å². The first kappa shape index (κ1) is 24.3. The first-order valence-electron chi connectivity index (χ1n) is 10.8. The smallest absolute Gasteiger partial charge is 0.264 e. The number of nitrogens with zero attached hydrogens (tertiary/aromatic N) is 1. The Kier molecular flexibility index (Phi) is 7.43. The molecule has 0 unspecified atom stereocenters. The second-order valence-corrected chi connectivity index (χ2v) is 9.97. The van der Waals surface area contributed by atoms with Gasteiger partial charge in [-0.15, -0.1) is 0 Å². The standard InChI is InChI=1S/C26H30N2O4S/c1-6-24(21-11-16-25(32-5)19(3)17-21)27-26(29)20-9-12-22(13-10-20)28(4)33(30,31)23-14-7-18(2)8-15-23/h7-17,24H,6H2,1-5H3,(H,27,29)/t24-/m1/s1. The van der Waals surface area contributed by atoms with Crippen molar-refractivity contribution in [3.8, 4) is 5.75 Å². The monoisotopic (exact) mass is 466 g/mol. The zero-order valence-corrected chi connectivity index (χ0v) is 20.4.